The molecular weight excluding hydrogens is 1470 g/mol. The van der Waals surface area contributed by atoms with E-state index in [9.17, 15) is 10.5 Å². The van der Waals surface area contributed by atoms with Gasteiger partial charge in [0.25, 0.3) is 0 Å². The second-order valence-corrected chi connectivity index (χ2v) is 29.7. The zero-order valence-corrected chi connectivity index (χ0v) is 62.9. The van der Waals surface area contributed by atoms with Gasteiger partial charge in [0, 0.05) is 103 Å². The van der Waals surface area contributed by atoms with Crippen molar-refractivity contribution in [2.45, 2.75) is 0 Å². The average Bonchev–Trinajstić information content (AvgIpc) is 1.54. The molecule has 0 unspecified atom stereocenters. The maximum atomic E-state index is 10.4. The summed E-state index contributed by atoms with van der Waals surface area (Å²) in [5.41, 5.74) is 15.3. The van der Waals surface area contributed by atoms with Gasteiger partial charge in [-0.2, -0.15) is 10.5 Å². The third-order valence-corrected chi connectivity index (χ3v) is 23.4. The molecule has 8 heterocycles. The summed E-state index contributed by atoms with van der Waals surface area (Å²) in [4.78, 5) is 29.4. The molecule has 24 aromatic rings. The van der Waals surface area contributed by atoms with Crippen LogP contribution in [0.5, 0.6) is 0 Å². The number of rotatable bonds is 10. The number of nitrogens with zero attached hydrogens (tertiary/aromatic N) is 12. The molecule has 0 aliphatic heterocycles. The van der Waals surface area contributed by atoms with E-state index in [1.807, 2.05) is 127 Å². The Morgan fingerprint density at radius 2 is 0.686 bits per heavy atom. The van der Waals surface area contributed by atoms with Gasteiger partial charge in [0.1, 0.15) is 5.58 Å². The molecule has 548 valence electrons. The smallest absolute Gasteiger partial charge is 0.166 e. The molecule has 13 nitrogen and oxygen atoms in total. The second kappa shape index (κ2) is 27.3. The van der Waals surface area contributed by atoms with E-state index in [0.717, 1.165) is 121 Å². The third kappa shape index (κ3) is 10.7. The Morgan fingerprint density at radius 3 is 1.19 bits per heavy atom. The molecule has 0 saturated carbocycles. The molecule has 0 radical (unpaired) electrons. The van der Waals surface area contributed by atoms with Gasteiger partial charge in [-0.25, -0.2) is 29.9 Å². The van der Waals surface area contributed by atoms with Crippen molar-refractivity contribution < 1.29 is 18.1 Å². The van der Waals surface area contributed by atoms with E-state index in [1.165, 1.54) is 20.2 Å². The summed E-state index contributed by atoms with van der Waals surface area (Å²) in [6.45, 7) is 0. The summed E-state index contributed by atoms with van der Waals surface area (Å²) in [5, 5.41) is 33.4. The van der Waals surface area contributed by atoms with E-state index in [4.69, 9.17) is 48.0 Å². The van der Waals surface area contributed by atoms with Crippen molar-refractivity contribution in [1.29, 1.82) is 10.5 Å². The summed E-state index contributed by atoms with van der Waals surface area (Å²) in [5.74, 6) is 0.607. The van der Waals surface area contributed by atoms with Crippen LogP contribution in [-0.2, 0) is 0 Å². The number of furan rings is 1. The van der Waals surface area contributed by atoms with Gasteiger partial charge in [-0.1, -0.05) is 267 Å². The maximum Gasteiger partial charge on any atom is 0.166 e. The highest BCUT2D eigenvalue weighted by Gasteiger charge is 2.29. The predicted molar refractivity (Wildman–Crippen MR) is 479 cm³/mol. The second-order valence-electron chi connectivity index (χ2n) is 28.7. The molecule has 0 N–H and O–H groups in total. The SMILES string of the molecule is [2H]c1c([2H])c([2H])c(-c2nc(-c3ccccc3)nc(-c3cc(C#N)ccc3-n3c4ccccc4c4ccc5c(c6ccccc6n5-c5cccc6c5oc5ccccc56)c43)n2)c([2H])c1[2H].[2H]c1c([2H])c([2H])c(-c2nc(-c3ccccc3)nc(-c3cc(C#N)ccc3-n3c4ccccc4c4ccc5c(c6ccccc6n5-c5cccc6c5sc5ccccc56)c43)n2)c([2H])c1[2H]. The van der Waals surface area contributed by atoms with Crippen molar-refractivity contribution in [2.75, 3.05) is 0 Å². The van der Waals surface area contributed by atoms with Gasteiger partial charge in [-0.3, -0.25) is 0 Å². The minimum atomic E-state index is -0.520. The lowest BCUT2D eigenvalue weighted by atomic mass is 10.1. The molecule has 118 heavy (non-hydrogen) atoms. The van der Waals surface area contributed by atoms with Gasteiger partial charge >= 0.3 is 0 Å². The van der Waals surface area contributed by atoms with Crippen LogP contribution in [0.4, 0.5) is 0 Å². The van der Waals surface area contributed by atoms with Gasteiger partial charge in [0.15, 0.2) is 40.5 Å². The molecule has 16 aromatic carbocycles. The molecule has 14 heteroatoms. The van der Waals surface area contributed by atoms with E-state index in [2.05, 4.69) is 182 Å². The van der Waals surface area contributed by atoms with Gasteiger partial charge in [-0.15, -0.1) is 11.3 Å². The number of thiophene rings is 1. The maximum absolute atomic E-state index is 10.4. The first kappa shape index (κ1) is 57.7. The average molecular weight is 1540 g/mol. The van der Waals surface area contributed by atoms with E-state index in [0.29, 0.717) is 44.8 Å². The molecule has 0 saturated heterocycles. The van der Waals surface area contributed by atoms with Gasteiger partial charge in [0.2, 0.25) is 0 Å². The van der Waals surface area contributed by atoms with Crippen LogP contribution in [0.15, 0.2) is 368 Å². The monoisotopic (exact) mass is 1530 g/mol. The highest BCUT2D eigenvalue weighted by molar-refractivity contribution is 7.26. The number of benzene rings is 16. The molecule has 0 amide bonds. The van der Waals surface area contributed by atoms with Crippen molar-refractivity contribution in [3.63, 3.8) is 0 Å². The molecule has 0 aliphatic rings. The predicted octanol–water partition coefficient (Wildman–Crippen LogP) is 26.1. The summed E-state index contributed by atoms with van der Waals surface area (Å²) in [6, 6.07) is 101. The standard InChI is InChI=1S/C52H30N6O.C52H30N6S/c2*53-31-32-26-28-43(40(30-32)52-55-50(33-14-3-1-4-15-33)54-51(56-52)34-16-5-2-6-17-34)58-41-22-10-7-18-35(41)37-27-29-44-47(48(37)58)39-20-8-11-23-42(39)57(44)45-24-13-21-38-36-19-9-12-25-46(36)59-49(38)45/h2*1-30H/i2*1D,3D,4D,14D,15D. The summed E-state index contributed by atoms with van der Waals surface area (Å²) < 4.78 is 104. The van der Waals surface area contributed by atoms with E-state index >= 15 is 0 Å². The Kier molecular flexibility index (Phi) is 13.3. The third-order valence-electron chi connectivity index (χ3n) is 22.2. The normalized spacial score (nSPS) is 12.9. The fraction of sp³-hybridized carbons (Fsp3) is 0. The largest absolute Gasteiger partial charge is 0.454 e. The highest BCUT2D eigenvalue weighted by Crippen LogP contribution is 2.49. The lowest BCUT2D eigenvalue weighted by Crippen LogP contribution is -2.04. The van der Waals surface area contributed by atoms with Crippen molar-refractivity contribution in [2.24, 2.45) is 0 Å². The number of hydrogen-bond acceptors (Lipinski definition) is 10. The van der Waals surface area contributed by atoms with Crippen molar-refractivity contribution in [3.8, 4) is 103 Å². The zero-order valence-electron chi connectivity index (χ0n) is 72.1. The Labute approximate surface area is 691 Å². The Hall–Kier alpha value is -16.3. The quantitative estimate of drug-likeness (QED) is 0.130. The molecule has 24 rings (SSSR count). The number of nitriles is 2. The number of aromatic nitrogens is 10. The first-order valence-electron chi connectivity index (χ1n) is 43.2. The zero-order chi connectivity index (χ0) is 86.8. The number of para-hydroxylation sites is 6. The van der Waals surface area contributed by atoms with Crippen molar-refractivity contribution >= 4 is 141 Å². The lowest BCUT2D eigenvalue weighted by Gasteiger charge is -2.15. The summed E-state index contributed by atoms with van der Waals surface area (Å²) in [7, 11) is 0. The van der Waals surface area contributed by atoms with Gasteiger partial charge in [-0.05, 0) is 97.1 Å². The molecule has 0 fully saturated rings. The van der Waals surface area contributed by atoms with Crippen LogP contribution in [0.1, 0.15) is 24.8 Å². The van der Waals surface area contributed by atoms with E-state index in [-0.39, 0.29) is 46.1 Å². The first-order chi connectivity index (χ1) is 62.6. The summed E-state index contributed by atoms with van der Waals surface area (Å²) >= 11 is 1.79. The van der Waals surface area contributed by atoms with Gasteiger partial charge in [0.05, 0.1) is 109 Å². The van der Waals surface area contributed by atoms with Crippen LogP contribution in [0.3, 0.4) is 0 Å². The van der Waals surface area contributed by atoms with E-state index < -0.39 is 60.4 Å². The van der Waals surface area contributed by atoms with Crippen LogP contribution in [-0.4, -0.2) is 48.2 Å². The molecule has 0 aliphatic carbocycles. The number of fused-ring (bicyclic) bond motifs is 20. The first-order valence-corrected chi connectivity index (χ1v) is 39.0. The minimum absolute atomic E-state index is 0.0859. The molecule has 0 atom stereocenters. The van der Waals surface area contributed by atoms with Crippen LogP contribution in [0.25, 0.3) is 220 Å². The van der Waals surface area contributed by atoms with Gasteiger partial charge < -0.3 is 22.7 Å². The lowest BCUT2D eigenvalue weighted by molar-refractivity contribution is 0.666. The van der Waals surface area contributed by atoms with Crippen molar-refractivity contribution in [3.05, 3.63) is 375 Å². The molecule has 8 aromatic heterocycles. The van der Waals surface area contributed by atoms with E-state index in [1.54, 1.807) is 35.6 Å². The fourth-order valence-corrected chi connectivity index (χ4v) is 18.4. The Morgan fingerprint density at radius 1 is 0.288 bits per heavy atom. The highest BCUT2D eigenvalue weighted by atomic mass is 32.1. The van der Waals surface area contributed by atoms with Crippen LogP contribution in [0.2, 0.25) is 0 Å². The molecular formula is C104H60N12OS. The van der Waals surface area contributed by atoms with Crippen LogP contribution < -0.4 is 0 Å². The Bertz CT molecular complexity index is 8460. The molecule has 0 bridgehead atoms. The molecule has 0 spiro atoms. The fourth-order valence-electron chi connectivity index (χ4n) is 17.2. The van der Waals surface area contributed by atoms with Crippen LogP contribution in [0, 0.1) is 22.7 Å². The Balaban J connectivity index is 0.000000146. The van der Waals surface area contributed by atoms with Crippen molar-refractivity contribution in [1.82, 2.24) is 48.2 Å². The number of hydrogen-bond donors (Lipinski definition) is 0. The van der Waals surface area contributed by atoms with Crippen LogP contribution >= 0.6 is 11.3 Å². The topological polar surface area (TPSA) is 158 Å². The summed E-state index contributed by atoms with van der Waals surface area (Å²) in [6.07, 6.45) is 0. The minimum Gasteiger partial charge on any atom is -0.454 e.